The SMILES string of the molecule is COc1ccc(CN(C(=O)CN(c2ccccc2Cl)S(C)(=O)=O)[C@@H](C)C(=O)NC(C)C)cc1. The molecule has 33 heavy (non-hydrogen) atoms. The number of nitrogens with zero attached hydrogens (tertiary/aromatic N) is 2. The third kappa shape index (κ3) is 7.36. The summed E-state index contributed by atoms with van der Waals surface area (Å²) in [4.78, 5) is 27.5. The van der Waals surface area contributed by atoms with Gasteiger partial charge in [-0.2, -0.15) is 0 Å². The number of hydrogen-bond acceptors (Lipinski definition) is 5. The lowest BCUT2D eigenvalue weighted by molar-refractivity contribution is -0.139. The van der Waals surface area contributed by atoms with Crippen LogP contribution in [0.15, 0.2) is 48.5 Å². The Morgan fingerprint density at radius 2 is 1.67 bits per heavy atom. The summed E-state index contributed by atoms with van der Waals surface area (Å²) in [5.41, 5.74) is 0.954. The number of amides is 2. The maximum absolute atomic E-state index is 13.4. The van der Waals surface area contributed by atoms with Crippen LogP contribution in [0.5, 0.6) is 5.75 Å². The Hall–Kier alpha value is -2.78. The van der Waals surface area contributed by atoms with Gasteiger partial charge in [-0.05, 0) is 50.6 Å². The zero-order valence-corrected chi connectivity index (χ0v) is 21.0. The van der Waals surface area contributed by atoms with E-state index >= 15 is 0 Å². The second-order valence-electron chi connectivity index (χ2n) is 7.93. The van der Waals surface area contributed by atoms with Gasteiger partial charge in [0, 0.05) is 12.6 Å². The molecule has 0 aliphatic heterocycles. The highest BCUT2D eigenvalue weighted by Gasteiger charge is 2.30. The van der Waals surface area contributed by atoms with E-state index in [9.17, 15) is 18.0 Å². The van der Waals surface area contributed by atoms with Crippen molar-refractivity contribution in [3.63, 3.8) is 0 Å². The summed E-state index contributed by atoms with van der Waals surface area (Å²) in [5, 5.41) is 3.00. The zero-order valence-electron chi connectivity index (χ0n) is 19.4. The topological polar surface area (TPSA) is 96.0 Å². The molecule has 0 bridgehead atoms. The number of anilines is 1. The van der Waals surface area contributed by atoms with Crippen molar-refractivity contribution in [1.82, 2.24) is 10.2 Å². The first-order valence-corrected chi connectivity index (χ1v) is 12.6. The summed E-state index contributed by atoms with van der Waals surface area (Å²) in [6, 6.07) is 12.5. The van der Waals surface area contributed by atoms with Crippen molar-refractivity contribution in [2.24, 2.45) is 0 Å². The largest absolute Gasteiger partial charge is 0.497 e. The van der Waals surface area contributed by atoms with E-state index in [2.05, 4.69) is 5.32 Å². The van der Waals surface area contributed by atoms with Crippen LogP contribution in [0.4, 0.5) is 5.69 Å². The first-order chi connectivity index (χ1) is 15.4. The highest BCUT2D eigenvalue weighted by Crippen LogP contribution is 2.27. The molecular formula is C23H30ClN3O5S. The maximum Gasteiger partial charge on any atom is 0.244 e. The smallest absolute Gasteiger partial charge is 0.244 e. The molecule has 0 spiro atoms. The van der Waals surface area contributed by atoms with Gasteiger partial charge in [-0.3, -0.25) is 13.9 Å². The number of sulfonamides is 1. The first kappa shape index (κ1) is 26.5. The van der Waals surface area contributed by atoms with Gasteiger partial charge in [0.2, 0.25) is 21.8 Å². The standard InChI is InChI=1S/C23H30ClN3O5S/c1-16(2)25-23(29)17(3)26(14-18-10-12-19(32-4)13-11-18)22(28)15-27(33(5,30)31)21-9-7-6-8-20(21)24/h6-13,16-17H,14-15H2,1-5H3,(H,25,29)/t17-/m0/s1. The Morgan fingerprint density at radius 3 is 2.18 bits per heavy atom. The van der Waals surface area contributed by atoms with E-state index in [1.165, 1.54) is 11.0 Å². The number of carbonyl (C=O) groups excluding carboxylic acids is 2. The summed E-state index contributed by atoms with van der Waals surface area (Å²) in [6.45, 7) is 4.86. The minimum Gasteiger partial charge on any atom is -0.497 e. The van der Waals surface area contributed by atoms with Crippen molar-refractivity contribution in [1.29, 1.82) is 0 Å². The monoisotopic (exact) mass is 495 g/mol. The van der Waals surface area contributed by atoms with Crippen LogP contribution in [-0.4, -0.2) is 57.1 Å². The Labute approximate surface area is 200 Å². The normalized spacial score (nSPS) is 12.2. The second kappa shape index (κ2) is 11.4. The predicted octanol–water partition coefficient (Wildman–Crippen LogP) is 3.06. The predicted molar refractivity (Wildman–Crippen MR) is 130 cm³/mol. The highest BCUT2D eigenvalue weighted by atomic mass is 35.5. The van der Waals surface area contributed by atoms with Crippen molar-refractivity contribution in [3.05, 3.63) is 59.1 Å². The Balaban J connectivity index is 2.39. The average molecular weight is 496 g/mol. The summed E-state index contributed by atoms with van der Waals surface area (Å²) >= 11 is 6.21. The van der Waals surface area contributed by atoms with Crippen molar-refractivity contribution >= 4 is 39.1 Å². The van der Waals surface area contributed by atoms with E-state index in [0.29, 0.717) is 5.75 Å². The van der Waals surface area contributed by atoms with Crippen LogP contribution in [0, 0.1) is 0 Å². The minimum absolute atomic E-state index is 0.107. The quantitative estimate of drug-likeness (QED) is 0.546. The summed E-state index contributed by atoms with van der Waals surface area (Å²) in [6.07, 6.45) is 1.01. The van der Waals surface area contributed by atoms with E-state index in [1.807, 2.05) is 13.8 Å². The number of halogens is 1. The van der Waals surface area contributed by atoms with Gasteiger partial charge in [0.25, 0.3) is 0 Å². The van der Waals surface area contributed by atoms with Crippen LogP contribution in [0.25, 0.3) is 0 Å². The van der Waals surface area contributed by atoms with E-state index in [1.54, 1.807) is 56.5 Å². The van der Waals surface area contributed by atoms with E-state index in [-0.39, 0.29) is 29.2 Å². The van der Waals surface area contributed by atoms with Crippen LogP contribution >= 0.6 is 11.6 Å². The summed E-state index contributed by atoms with van der Waals surface area (Å²) in [5.74, 6) is -0.220. The number of carbonyl (C=O) groups is 2. The number of nitrogens with one attached hydrogen (secondary N) is 1. The van der Waals surface area contributed by atoms with Crippen molar-refractivity contribution < 1.29 is 22.7 Å². The molecule has 180 valence electrons. The molecule has 0 aromatic heterocycles. The second-order valence-corrected chi connectivity index (χ2v) is 10.2. The molecule has 0 radical (unpaired) electrons. The van der Waals surface area contributed by atoms with Gasteiger partial charge in [-0.15, -0.1) is 0 Å². The lowest BCUT2D eigenvalue weighted by Crippen LogP contribution is -2.52. The highest BCUT2D eigenvalue weighted by molar-refractivity contribution is 7.92. The molecule has 0 fully saturated rings. The summed E-state index contributed by atoms with van der Waals surface area (Å²) in [7, 11) is -2.28. The van der Waals surface area contributed by atoms with Crippen LogP contribution in [0.1, 0.15) is 26.3 Å². The van der Waals surface area contributed by atoms with Crippen LogP contribution in [0.2, 0.25) is 5.02 Å². The van der Waals surface area contributed by atoms with E-state index < -0.39 is 28.5 Å². The summed E-state index contributed by atoms with van der Waals surface area (Å²) < 4.78 is 31.2. The van der Waals surface area contributed by atoms with Crippen molar-refractivity contribution in [2.45, 2.75) is 39.4 Å². The van der Waals surface area contributed by atoms with E-state index in [0.717, 1.165) is 16.1 Å². The fourth-order valence-electron chi connectivity index (χ4n) is 3.16. The first-order valence-electron chi connectivity index (χ1n) is 10.4. The lowest BCUT2D eigenvalue weighted by atomic mass is 10.1. The number of rotatable bonds is 10. The molecule has 8 nitrogen and oxygen atoms in total. The van der Waals surface area contributed by atoms with Gasteiger partial charge in [0.15, 0.2) is 0 Å². The van der Waals surface area contributed by atoms with Gasteiger partial charge in [0.1, 0.15) is 18.3 Å². The molecule has 2 rings (SSSR count). The number of benzene rings is 2. The Kier molecular flexibility index (Phi) is 9.13. The Morgan fingerprint density at radius 1 is 1.06 bits per heavy atom. The van der Waals surface area contributed by atoms with Gasteiger partial charge in [0.05, 0.1) is 24.1 Å². The molecule has 0 saturated heterocycles. The lowest BCUT2D eigenvalue weighted by Gasteiger charge is -2.32. The third-order valence-electron chi connectivity index (χ3n) is 4.91. The zero-order chi connectivity index (χ0) is 24.8. The minimum atomic E-state index is -3.83. The van der Waals surface area contributed by atoms with Crippen LogP contribution < -0.4 is 14.4 Å². The molecule has 0 unspecified atom stereocenters. The van der Waals surface area contributed by atoms with Crippen LogP contribution in [0.3, 0.4) is 0 Å². The number of methoxy groups -OCH3 is 1. The van der Waals surface area contributed by atoms with Gasteiger partial charge in [-0.25, -0.2) is 8.42 Å². The molecule has 10 heteroatoms. The van der Waals surface area contributed by atoms with Crippen molar-refractivity contribution in [3.8, 4) is 5.75 Å². The fraction of sp³-hybridized carbons (Fsp3) is 0.391. The molecule has 2 aromatic rings. The Bertz CT molecular complexity index is 1070. The van der Waals surface area contributed by atoms with Crippen molar-refractivity contribution in [2.75, 3.05) is 24.2 Å². The molecule has 2 amide bonds. The fourth-order valence-corrected chi connectivity index (χ4v) is 4.31. The van der Waals surface area contributed by atoms with Gasteiger partial charge < -0.3 is 15.0 Å². The third-order valence-corrected chi connectivity index (χ3v) is 6.36. The molecule has 0 saturated carbocycles. The van der Waals surface area contributed by atoms with Crippen LogP contribution in [-0.2, 0) is 26.2 Å². The maximum atomic E-state index is 13.4. The molecule has 0 aliphatic carbocycles. The molecular weight excluding hydrogens is 466 g/mol. The van der Waals surface area contributed by atoms with Gasteiger partial charge in [-0.1, -0.05) is 35.9 Å². The number of ether oxygens (including phenoxy) is 1. The molecule has 1 atom stereocenters. The number of para-hydroxylation sites is 1. The van der Waals surface area contributed by atoms with Gasteiger partial charge >= 0.3 is 0 Å². The molecule has 2 aromatic carbocycles. The molecule has 0 heterocycles. The average Bonchev–Trinajstić information content (AvgIpc) is 2.75. The molecule has 0 aliphatic rings. The number of hydrogen-bond donors (Lipinski definition) is 1. The molecule has 1 N–H and O–H groups in total. The van der Waals surface area contributed by atoms with E-state index in [4.69, 9.17) is 16.3 Å².